The van der Waals surface area contributed by atoms with Crippen molar-refractivity contribution in [3.8, 4) is 11.4 Å². The summed E-state index contributed by atoms with van der Waals surface area (Å²) in [5.41, 5.74) is 7.91. The molecule has 4 nitrogen and oxygen atoms in total. The minimum absolute atomic E-state index is 0.648. The van der Waals surface area contributed by atoms with Crippen molar-refractivity contribution in [2.45, 2.75) is 6.42 Å². The van der Waals surface area contributed by atoms with Crippen LogP contribution in [-0.4, -0.2) is 21.3 Å². The number of aromatic nitrogens is 3. The molecule has 0 radical (unpaired) electrons. The summed E-state index contributed by atoms with van der Waals surface area (Å²) < 4.78 is 1.77. The topological polar surface area (TPSA) is 56.7 Å². The maximum absolute atomic E-state index is 5.58. The number of hydrogen-bond donors (Lipinski definition) is 1. The molecule has 0 amide bonds. The molecule has 0 bridgehead atoms. The van der Waals surface area contributed by atoms with Gasteiger partial charge in [-0.05, 0) is 18.5 Å². The Kier molecular flexibility index (Phi) is 2.78. The summed E-state index contributed by atoms with van der Waals surface area (Å²) in [5, 5.41) is 4.07. The predicted molar refractivity (Wildman–Crippen MR) is 59.2 cm³/mol. The van der Waals surface area contributed by atoms with Crippen LogP contribution in [0.3, 0.4) is 0 Å². The molecule has 4 heteroatoms. The zero-order valence-electron chi connectivity index (χ0n) is 8.72. The molecule has 0 fully saturated rings. The first-order valence-electron chi connectivity index (χ1n) is 4.95. The summed E-state index contributed by atoms with van der Waals surface area (Å²) in [5.74, 6) is 0.888. The lowest BCUT2D eigenvalue weighted by Crippen LogP contribution is -2.05. The normalized spacial score (nSPS) is 10.5. The summed E-state index contributed by atoms with van der Waals surface area (Å²) in [4.78, 5) is 4.24. The van der Waals surface area contributed by atoms with Gasteiger partial charge in [-0.15, -0.1) is 0 Å². The third-order valence-corrected chi connectivity index (χ3v) is 2.38. The summed E-state index contributed by atoms with van der Waals surface area (Å²) >= 11 is 0. The maximum Gasteiger partial charge on any atom is 0.158 e. The molecule has 0 atom stereocenters. The first-order chi connectivity index (χ1) is 7.33. The van der Waals surface area contributed by atoms with Crippen LogP contribution in [0.1, 0.15) is 5.56 Å². The Hall–Kier alpha value is -1.68. The second-order valence-electron chi connectivity index (χ2n) is 3.40. The lowest BCUT2D eigenvalue weighted by Gasteiger charge is -2.07. The second-order valence-corrected chi connectivity index (χ2v) is 3.40. The van der Waals surface area contributed by atoms with Crippen LogP contribution in [0.25, 0.3) is 11.4 Å². The minimum Gasteiger partial charge on any atom is -0.330 e. The van der Waals surface area contributed by atoms with Gasteiger partial charge >= 0.3 is 0 Å². The van der Waals surface area contributed by atoms with E-state index in [1.54, 1.807) is 11.0 Å². The average molecular weight is 202 g/mol. The predicted octanol–water partition coefficient (Wildman–Crippen LogP) is 0.983. The zero-order valence-corrected chi connectivity index (χ0v) is 8.72. The standard InChI is InChI=1S/C11H14N4/c1-15-11(13-8-14-15)10-5-3-2-4-9(10)6-7-12/h2-5,8H,6-7,12H2,1H3. The first kappa shape index (κ1) is 9.86. The van der Waals surface area contributed by atoms with Gasteiger partial charge in [-0.25, -0.2) is 9.67 Å². The molecule has 0 spiro atoms. The molecule has 78 valence electrons. The molecular formula is C11H14N4. The monoisotopic (exact) mass is 202 g/mol. The Labute approximate surface area is 88.8 Å². The Balaban J connectivity index is 2.48. The minimum atomic E-state index is 0.648. The molecule has 1 heterocycles. The highest BCUT2D eigenvalue weighted by Gasteiger charge is 2.08. The molecule has 0 aliphatic carbocycles. The molecule has 2 aromatic rings. The molecule has 1 aromatic heterocycles. The van der Waals surface area contributed by atoms with E-state index in [-0.39, 0.29) is 0 Å². The second kappa shape index (κ2) is 4.23. The molecular weight excluding hydrogens is 188 g/mol. The largest absolute Gasteiger partial charge is 0.330 e. The van der Waals surface area contributed by atoms with Crippen LogP contribution in [0, 0.1) is 0 Å². The van der Waals surface area contributed by atoms with Crippen LogP contribution < -0.4 is 5.73 Å². The molecule has 0 unspecified atom stereocenters. The quantitative estimate of drug-likeness (QED) is 0.807. The van der Waals surface area contributed by atoms with E-state index in [0.717, 1.165) is 17.8 Å². The van der Waals surface area contributed by atoms with Gasteiger partial charge in [-0.2, -0.15) is 5.10 Å². The number of benzene rings is 1. The fourth-order valence-corrected chi connectivity index (χ4v) is 1.65. The highest BCUT2D eigenvalue weighted by Crippen LogP contribution is 2.20. The van der Waals surface area contributed by atoms with Gasteiger partial charge in [0.15, 0.2) is 5.82 Å². The van der Waals surface area contributed by atoms with Crippen molar-refractivity contribution in [2.75, 3.05) is 6.54 Å². The lowest BCUT2D eigenvalue weighted by atomic mass is 10.0. The van der Waals surface area contributed by atoms with Crippen LogP contribution in [0.2, 0.25) is 0 Å². The third kappa shape index (κ3) is 1.89. The van der Waals surface area contributed by atoms with Crippen LogP contribution in [0.4, 0.5) is 0 Å². The van der Waals surface area contributed by atoms with Gasteiger partial charge in [0, 0.05) is 12.6 Å². The highest BCUT2D eigenvalue weighted by atomic mass is 15.3. The smallest absolute Gasteiger partial charge is 0.158 e. The van der Waals surface area contributed by atoms with Gasteiger partial charge in [-0.1, -0.05) is 24.3 Å². The SMILES string of the molecule is Cn1ncnc1-c1ccccc1CCN. The maximum atomic E-state index is 5.58. The third-order valence-electron chi connectivity index (χ3n) is 2.38. The number of aryl methyl sites for hydroxylation is 1. The number of nitrogens with two attached hydrogens (primary N) is 1. The van der Waals surface area contributed by atoms with E-state index in [0.29, 0.717) is 6.54 Å². The average Bonchev–Trinajstić information content (AvgIpc) is 2.66. The summed E-state index contributed by atoms with van der Waals surface area (Å²) in [6, 6.07) is 8.15. The van der Waals surface area contributed by atoms with Crippen molar-refractivity contribution in [1.29, 1.82) is 0 Å². The van der Waals surface area contributed by atoms with Crippen molar-refractivity contribution in [1.82, 2.24) is 14.8 Å². The summed E-state index contributed by atoms with van der Waals surface area (Å²) in [7, 11) is 1.89. The molecule has 0 aliphatic rings. The first-order valence-corrected chi connectivity index (χ1v) is 4.95. The molecule has 0 saturated carbocycles. The van der Waals surface area contributed by atoms with E-state index in [4.69, 9.17) is 5.73 Å². The van der Waals surface area contributed by atoms with Crippen LogP contribution in [0.5, 0.6) is 0 Å². The van der Waals surface area contributed by atoms with E-state index in [9.17, 15) is 0 Å². The van der Waals surface area contributed by atoms with Crippen molar-refractivity contribution >= 4 is 0 Å². The van der Waals surface area contributed by atoms with Crippen LogP contribution in [0.15, 0.2) is 30.6 Å². The van der Waals surface area contributed by atoms with Gasteiger partial charge in [-0.3, -0.25) is 0 Å². The number of nitrogens with zero attached hydrogens (tertiary/aromatic N) is 3. The zero-order chi connectivity index (χ0) is 10.7. The van der Waals surface area contributed by atoms with E-state index in [1.807, 2.05) is 19.2 Å². The Morgan fingerprint density at radius 3 is 2.80 bits per heavy atom. The van der Waals surface area contributed by atoms with Gasteiger partial charge in [0.2, 0.25) is 0 Å². The van der Waals surface area contributed by atoms with Gasteiger partial charge < -0.3 is 5.73 Å². The van der Waals surface area contributed by atoms with Crippen LogP contribution in [-0.2, 0) is 13.5 Å². The fourth-order valence-electron chi connectivity index (χ4n) is 1.65. The van der Waals surface area contributed by atoms with Gasteiger partial charge in [0.05, 0.1) is 0 Å². The van der Waals surface area contributed by atoms with Crippen LogP contribution >= 0.6 is 0 Å². The molecule has 0 aliphatic heterocycles. The molecule has 2 rings (SSSR count). The Morgan fingerprint density at radius 2 is 2.13 bits per heavy atom. The molecule has 1 aromatic carbocycles. The highest BCUT2D eigenvalue weighted by molar-refractivity contribution is 5.60. The molecule has 2 N–H and O–H groups in total. The van der Waals surface area contributed by atoms with Gasteiger partial charge in [0.25, 0.3) is 0 Å². The van der Waals surface area contributed by atoms with E-state index in [1.165, 1.54) is 5.56 Å². The van der Waals surface area contributed by atoms with Crippen molar-refractivity contribution < 1.29 is 0 Å². The Morgan fingerprint density at radius 1 is 1.33 bits per heavy atom. The van der Waals surface area contributed by atoms with Crippen molar-refractivity contribution in [2.24, 2.45) is 12.8 Å². The molecule has 15 heavy (non-hydrogen) atoms. The number of rotatable bonds is 3. The van der Waals surface area contributed by atoms with Crippen molar-refractivity contribution in [3.05, 3.63) is 36.2 Å². The van der Waals surface area contributed by atoms with E-state index < -0.39 is 0 Å². The number of hydrogen-bond acceptors (Lipinski definition) is 3. The van der Waals surface area contributed by atoms with E-state index >= 15 is 0 Å². The van der Waals surface area contributed by atoms with Gasteiger partial charge in [0.1, 0.15) is 6.33 Å². The summed E-state index contributed by atoms with van der Waals surface area (Å²) in [6.07, 6.45) is 2.43. The fraction of sp³-hybridized carbons (Fsp3) is 0.273. The molecule has 0 saturated heterocycles. The summed E-state index contributed by atoms with van der Waals surface area (Å²) in [6.45, 7) is 0.648. The lowest BCUT2D eigenvalue weighted by molar-refractivity contribution is 0.773. The Bertz CT molecular complexity index is 447. The van der Waals surface area contributed by atoms with E-state index in [2.05, 4.69) is 22.2 Å². The van der Waals surface area contributed by atoms with Crippen molar-refractivity contribution in [3.63, 3.8) is 0 Å².